The second kappa shape index (κ2) is 6.44. The van der Waals surface area contributed by atoms with Crippen molar-refractivity contribution in [1.82, 2.24) is 19.9 Å². The van der Waals surface area contributed by atoms with E-state index in [0.29, 0.717) is 18.9 Å². The van der Waals surface area contributed by atoms with E-state index in [2.05, 4.69) is 24.8 Å². The van der Waals surface area contributed by atoms with Crippen LogP contribution in [0.1, 0.15) is 5.82 Å². The summed E-state index contributed by atoms with van der Waals surface area (Å²) in [7, 11) is 3.37. The van der Waals surface area contributed by atoms with Crippen molar-refractivity contribution >= 4 is 17.0 Å². The van der Waals surface area contributed by atoms with Gasteiger partial charge in [-0.1, -0.05) is 0 Å². The van der Waals surface area contributed by atoms with Crippen LogP contribution >= 0.6 is 0 Å². The highest BCUT2D eigenvalue weighted by molar-refractivity contribution is 5.83. The molecule has 0 aliphatic rings. The molecule has 0 atom stereocenters. The number of hydrogen-bond acceptors (Lipinski definition) is 6. The predicted octanol–water partition coefficient (Wildman–Crippen LogP) is 0.761. The van der Waals surface area contributed by atoms with Gasteiger partial charge in [-0.25, -0.2) is 15.0 Å². The largest absolute Gasteiger partial charge is 0.383 e. The Bertz CT molecular complexity index is 520. The minimum atomic E-state index is 0.627. The molecule has 19 heavy (non-hydrogen) atoms. The average Bonchev–Trinajstić information content (AvgIpc) is 2.79. The van der Waals surface area contributed by atoms with Crippen molar-refractivity contribution in [1.29, 1.82) is 0 Å². The number of methoxy groups -OCH3 is 2. The van der Waals surface area contributed by atoms with Crippen molar-refractivity contribution in [2.24, 2.45) is 0 Å². The molecule has 0 aromatic carbocycles. The third-order valence-electron chi connectivity index (χ3n) is 2.82. The summed E-state index contributed by atoms with van der Waals surface area (Å²) in [6, 6.07) is 0. The van der Waals surface area contributed by atoms with E-state index in [1.165, 1.54) is 6.33 Å². The fourth-order valence-electron chi connectivity index (χ4n) is 1.90. The zero-order valence-corrected chi connectivity index (χ0v) is 11.5. The number of nitrogens with one attached hydrogen (secondary N) is 1. The van der Waals surface area contributed by atoms with Crippen LogP contribution in [0.2, 0.25) is 0 Å². The minimum Gasteiger partial charge on any atom is -0.383 e. The van der Waals surface area contributed by atoms with Gasteiger partial charge in [-0.15, -0.1) is 0 Å². The van der Waals surface area contributed by atoms with Crippen LogP contribution in [0.4, 0.5) is 5.82 Å². The number of fused-ring (bicyclic) bond motifs is 1. The zero-order valence-electron chi connectivity index (χ0n) is 11.5. The van der Waals surface area contributed by atoms with E-state index in [9.17, 15) is 0 Å². The molecule has 104 valence electrons. The number of nitrogens with zero attached hydrogens (tertiary/aromatic N) is 4. The van der Waals surface area contributed by atoms with Crippen LogP contribution in [0.15, 0.2) is 6.33 Å². The molecule has 2 aromatic heterocycles. The normalized spacial score (nSPS) is 11.1. The molecule has 0 saturated carbocycles. The maximum atomic E-state index is 5.14. The monoisotopic (exact) mass is 265 g/mol. The number of rotatable bonds is 7. The quantitative estimate of drug-likeness (QED) is 0.796. The van der Waals surface area contributed by atoms with Crippen LogP contribution in [0, 0.1) is 6.92 Å². The Hall–Kier alpha value is -1.73. The van der Waals surface area contributed by atoms with E-state index >= 15 is 0 Å². The highest BCUT2D eigenvalue weighted by Crippen LogP contribution is 2.20. The van der Waals surface area contributed by atoms with Gasteiger partial charge < -0.3 is 19.4 Å². The smallest absolute Gasteiger partial charge is 0.183 e. The van der Waals surface area contributed by atoms with Gasteiger partial charge in [0.1, 0.15) is 17.7 Å². The third kappa shape index (κ3) is 3.18. The first kappa shape index (κ1) is 13.7. The highest BCUT2D eigenvalue weighted by atomic mass is 16.5. The maximum Gasteiger partial charge on any atom is 0.183 e. The summed E-state index contributed by atoms with van der Waals surface area (Å²) in [6.07, 6.45) is 1.53. The van der Waals surface area contributed by atoms with Gasteiger partial charge in [0.2, 0.25) is 0 Å². The molecule has 0 saturated heterocycles. The van der Waals surface area contributed by atoms with Crippen LogP contribution in [0.5, 0.6) is 0 Å². The second-order valence-electron chi connectivity index (χ2n) is 4.19. The van der Waals surface area contributed by atoms with Gasteiger partial charge in [0.05, 0.1) is 13.2 Å². The maximum absolute atomic E-state index is 5.14. The number of H-pyrrole nitrogens is 1. The molecule has 0 aliphatic carbocycles. The molecule has 7 nitrogen and oxygen atoms in total. The van der Waals surface area contributed by atoms with Crippen molar-refractivity contribution in [3.8, 4) is 0 Å². The Labute approximate surface area is 112 Å². The summed E-state index contributed by atoms with van der Waals surface area (Å²) < 4.78 is 10.3. The molecule has 0 amide bonds. The number of aryl methyl sites for hydroxylation is 1. The summed E-state index contributed by atoms with van der Waals surface area (Å²) in [5, 5.41) is 0. The molecule has 0 spiro atoms. The van der Waals surface area contributed by atoms with E-state index < -0.39 is 0 Å². The standard InChI is InChI=1S/C12H19N5O2/c1-9-15-10-11(16-9)13-8-14-12(10)17(4-6-18-2)5-7-19-3/h8H,4-7H2,1-3H3,(H,13,14,15,16). The molecule has 0 bridgehead atoms. The Morgan fingerprint density at radius 2 is 1.84 bits per heavy atom. The number of aromatic amines is 1. The van der Waals surface area contributed by atoms with E-state index in [4.69, 9.17) is 9.47 Å². The van der Waals surface area contributed by atoms with Gasteiger partial charge in [0.25, 0.3) is 0 Å². The molecule has 2 rings (SSSR count). The Morgan fingerprint density at radius 3 is 2.47 bits per heavy atom. The number of anilines is 1. The lowest BCUT2D eigenvalue weighted by atomic mass is 10.4. The van der Waals surface area contributed by atoms with Gasteiger partial charge in [-0.3, -0.25) is 0 Å². The Balaban J connectivity index is 2.30. The fourth-order valence-corrected chi connectivity index (χ4v) is 1.90. The Kier molecular flexibility index (Phi) is 4.64. The third-order valence-corrected chi connectivity index (χ3v) is 2.82. The van der Waals surface area contributed by atoms with Crippen LogP contribution in [0.25, 0.3) is 11.2 Å². The van der Waals surface area contributed by atoms with Crippen molar-refractivity contribution in [3.05, 3.63) is 12.2 Å². The molecule has 0 fully saturated rings. The van der Waals surface area contributed by atoms with Crippen LogP contribution in [0.3, 0.4) is 0 Å². The second-order valence-corrected chi connectivity index (χ2v) is 4.19. The van der Waals surface area contributed by atoms with E-state index in [1.54, 1.807) is 14.2 Å². The van der Waals surface area contributed by atoms with Crippen molar-refractivity contribution in [2.45, 2.75) is 6.92 Å². The molecular weight excluding hydrogens is 246 g/mol. The summed E-state index contributed by atoms with van der Waals surface area (Å²) >= 11 is 0. The molecule has 2 aromatic rings. The molecule has 0 aliphatic heterocycles. The first-order valence-electron chi connectivity index (χ1n) is 6.16. The minimum absolute atomic E-state index is 0.627. The summed E-state index contributed by atoms with van der Waals surface area (Å²) in [5.74, 6) is 1.66. The number of imidazole rings is 1. The number of aromatic nitrogens is 4. The van der Waals surface area contributed by atoms with Crippen molar-refractivity contribution in [2.75, 3.05) is 45.4 Å². The molecule has 7 heteroatoms. The van der Waals surface area contributed by atoms with Gasteiger partial charge in [0, 0.05) is 27.3 Å². The van der Waals surface area contributed by atoms with Crippen molar-refractivity contribution in [3.63, 3.8) is 0 Å². The van der Waals surface area contributed by atoms with E-state index in [0.717, 1.165) is 30.2 Å². The molecule has 0 radical (unpaired) electrons. The van der Waals surface area contributed by atoms with Crippen molar-refractivity contribution < 1.29 is 9.47 Å². The summed E-state index contributed by atoms with van der Waals surface area (Å²) in [6.45, 7) is 4.64. The lowest BCUT2D eigenvalue weighted by Crippen LogP contribution is -2.31. The van der Waals surface area contributed by atoms with E-state index in [1.807, 2.05) is 6.92 Å². The zero-order chi connectivity index (χ0) is 13.7. The van der Waals surface area contributed by atoms with Gasteiger partial charge >= 0.3 is 0 Å². The first-order valence-corrected chi connectivity index (χ1v) is 6.16. The van der Waals surface area contributed by atoms with Gasteiger partial charge in [0.15, 0.2) is 11.5 Å². The number of hydrogen-bond donors (Lipinski definition) is 1. The molecule has 0 unspecified atom stereocenters. The Morgan fingerprint density at radius 1 is 1.16 bits per heavy atom. The lowest BCUT2D eigenvalue weighted by Gasteiger charge is -2.23. The first-order chi connectivity index (χ1) is 9.26. The van der Waals surface area contributed by atoms with Crippen LogP contribution in [-0.2, 0) is 9.47 Å². The fraction of sp³-hybridized carbons (Fsp3) is 0.583. The molecule has 1 N–H and O–H groups in total. The average molecular weight is 265 g/mol. The SMILES string of the molecule is COCCN(CCOC)c1ncnc2nc(C)[nH]c12. The van der Waals surface area contributed by atoms with Crippen LogP contribution < -0.4 is 4.90 Å². The summed E-state index contributed by atoms with van der Waals surface area (Å²) in [4.78, 5) is 18.1. The molecule has 2 heterocycles. The highest BCUT2D eigenvalue weighted by Gasteiger charge is 2.14. The topological polar surface area (TPSA) is 76.2 Å². The van der Waals surface area contributed by atoms with Gasteiger partial charge in [-0.2, -0.15) is 0 Å². The number of ether oxygens (including phenoxy) is 2. The van der Waals surface area contributed by atoms with Crippen LogP contribution in [-0.4, -0.2) is 60.5 Å². The van der Waals surface area contributed by atoms with Gasteiger partial charge in [-0.05, 0) is 6.92 Å². The lowest BCUT2D eigenvalue weighted by molar-refractivity contribution is 0.190. The summed E-state index contributed by atoms with van der Waals surface area (Å²) in [5.41, 5.74) is 1.54. The predicted molar refractivity (Wildman–Crippen MR) is 72.4 cm³/mol. The van der Waals surface area contributed by atoms with E-state index in [-0.39, 0.29) is 0 Å². The molecular formula is C12H19N5O2.